The molecule has 2 aliphatic carbocycles. The number of hydrogen-bond donors (Lipinski definition) is 1. The van der Waals surface area contributed by atoms with E-state index in [1.807, 2.05) is 0 Å². The molecule has 0 aromatic rings. The van der Waals surface area contributed by atoms with Gasteiger partial charge in [0.05, 0.1) is 0 Å². The number of nitrogens with zero attached hydrogens (tertiary/aromatic N) is 2. The van der Waals surface area contributed by atoms with Crippen LogP contribution < -0.4 is 5.73 Å². The Bertz CT molecular complexity index is 267. The fourth-order valence-corrected chi connectivity index (χ4v) is 4.39. The second-order valence-electron chi connectivity index (χ2n) is 6.96. The molecule has 2 N–H and O–H groups in total. The maximum Gasteiger partial charge on any atom is 0.0113 e. The van der Waals surface area contributed by atoms with Gasteiger partial charge in [-0.2, -0.15) is 0 Å². The van der Waals surface area contributed by atoms with Crippen molar-refractivity contribution in [1.82, 2.24) is 9.80 Å². The Labute approximate surface area is 118 Å². The van der Waals surface area contributed by atoms with E-state index in [1.165, 1.54) is 84.1 Å². The van der Waals surface area contributed by atoms with Crippen molar-refractivity contribution in [2.45, 2.75) is 63.5 Å². The van der Waals surface area contributed by atoms with Crippen LogP contribution in [0.5, 0.6) is 0 Å². The third-order valence-electron chi connectivity index (χ3n) is 5.78. The van der Waals surface area contributed by atoms with Crippen LogP contribution in [0.2, 0.25) is 0 Å². The van der Waals surface area contributed by atoms with Crippen molar-refractivity contribution in [2.75, 3.05) is 32.7 Å². The lowest BCUT2D eigenvalue weighted by Crippen LogP contribution is -2.50. The minimum absolute atomic E-state index is 0.500. The van der Waals surface area contributed by atoms with Crippen LogP contribution in [0.3, 0.4) is 0 Å². The fraction of sp³-hybridized carbons (Fsp3) is 1.00. The predicted molar refractivity (Wildman–Crippen MR) is 80.2 cm³/mol. The first-order valence-electron chi connectivity index (χ1n) is 8.55. The Morgan fingerprint density at radius 3 is 2.21 bits per heavy atom. The summed E-state index contributed by atoms with van der Waals surface area (Å²) in [4.78, 5) is 5.43. The zero-order valence-corrected chi connectivity index (χ0v) is 12.4. The molecular weight excluding hydrogens is 234 g/mol. The maximum atomic E-state index is 6.17. The number of hydrogen-bond acceptors (Lipinski definition) is 3. The lowest BCUT2D eigenvalue weighted by molar-refractivity contribution is 0.0937. The summed E-state index contributed by atoms with van der Waals surface area (Å²) in [5.74, 6) is 0.813. The fourth-order valence-electron chi connectivity index (χ4n) is 4.39. The third-order valence-corrected chi connectivity index (χ3v) is 5.78. The first-order chi connectivity index (χ1) is 9.33. The summed E-state index contributed by atoms with van der Waals surface area (Å²) >= 11 is 0. The number of piperazine rings is 1. The predicted octanol–water partition coefficient (Wildman–Crippen LogP) is 2.06. The molecule has 1 heterocycles. The van der Waals surface area contributed by atoms with E-state index in [-0.39, 0.29) is 0 Å². The average molecular weight is 265 g/mol. The van der Waals surface area contributed by atoms with Crippen molar-refractivity contribution in [3.05, 3.63) is 0 Å². The summed E-state index contributed by atoms with van der Waals surface area (Å²) in [7, 11) is 0. The van der Waals surface area contributed by atoms with Gasteiger partial charge in [0.1, 0.15) is 0 Å². The van der Waals surface area contributed by atoms with Gasteiger partial charge < -0.3 is 10.6 Å². The van der Waals surface area contributed by atoms with Gasteiger partial charge in [0.2, 0.25) is 0 Å². The molecule has 0 bridgehead atoms. The highest BCUT2D eigenvalue weighted by Crippen LogP contribution is 2.27. The Kier molecular flexibility index (Phi) is 4.78. The van der Waals surface area contributed by atoms with Crippen LogP contribution in [-0.2, 0) is 0 Å². The van der Waals surface area contributed by atoms with E-state index in [9.17, 15) is 0 Å². The summed E-state index contributed by atoms with van der Waals surface area (Å²) in [6, 6.07) is 1.42. The van der Waals surface area contributed by atoms with Crippen molar-refractivity contribution in [2.24, 2.45) is 11.7 Å². The molecule has 1 saturated heterocycles. The van der Waals surface area contributed by atoms with Gasteiger partial charge in [-0.05, 0) is 44.6 Å². The molecule has 110 valence electrons. The highest BCUT2D eigenvalue weighted by Gasteiger charge is 2.27. The molecule has 2 atom stereocenters. The van der Waals surface area contributed by atoms with E-state index in [4.69, 9.17) is 5.73 Å². The van der Waals surface area contributed by atoms with E-state index >= 15 is 0 Å². The second kappa shape index (κ2) is 6.55. The molecule has 0 amide bonds. The van der Waals surface area contributed by atoms with Crippen LogP contribution in [0.15, 0.2) is 0 Å². The van der Waals surface area contributed by atoms with Gasteiger partial charge in [0, 0.05) is 38.3 Å². The highest BCUT2D eigenvalue weighted by molar-refractivity contribution is 4.84. The van der Waals surface area contributed by atoms with Gasteiger partial charge >= 0.3 is 0 Å². The van der Waals surface area contributed by atoms with E-state index < -0.39 is 0 Å². The minimum atomic E-state index is 0.500. The zero-order valence-electron chi connectivity index (χ0n) is 12.4. The zero-order chi connectivity index (χ0) is 13.1. The first kappa shape index (κ1) is 13.8. The SMILES string of the molecule is NC1CCCC1CCN1CCN(C2CCCC2)CC1. The van der Waals surface area contributed by atoms with Crippen molar-refractivity contribution in [3.8, 4) is 0 Å². The van der Waals surface area contributed by atoms with Gasteiger partial charge in [-0.3, -0.25) is 4.90 Å². The normalized spacial score (nSPS) is 35.2. The molecule has 2 saturated carbocycles. The minimum Gasteiger partial charge on any atom is -0.327 e. The maximum absolute atomic E-state index is 6.17. The van der Waals surface area contributed by atoms with Gasteiger partial charge in [0.25, 0.3) is 0 Å². The van der Waals surface area contributed by atoms with Crippen LogP contribution in [0, 0.1) is 5.92 Å². The van der Waals surface area contributed by atoms with Gasteiger partial charge in [-0.1, -0.05) is 19.3 Å². The van der Waals surface area contributed by atoms with Crippen molar-refractivity contribution in [3.63, 3.8) is 0 Å². The largest absolute Gasteiger partial charge is 0.327 e. The second-order valence-corrected chi connectivity index (χ2v) is 6.96. The van der Waals surface area contributed by atoms with Gasteiger partial charge in [0.15, 0.2) is 0 Å². The van der Waals surface area contributed by atoms with Crippen molar-refractivity contribution >= 4 is 0 Å². The molecule has 0 spiro atoms. The molecule has 0 radical (unpaired) electrons. The Balaban J connectivity index is 1.35. The summed E-state index contributed by atoms with van der Waals surface area (Å²) < 4.78 is 0. The van der Waals surface area contributed by atoms with Crippen LogP contribution in [0.4, 0.5) is 0 Å². The molecule has 19 heavy (non-hydrogen) atoms. The van der Waals surface area contributed by atoms with Crippen molar-refractivity contribution in [1.29, 1.82) is 0 Å². The molecule has 3 nitrogen and oxygen atoms in total. The number of nitrogens with two attached hydrogens (primary N) is 1. The van der Waals surface area contributed by atoms with Gasteiger partial charge in [-0.25, -0.2) is 0 Å². The van der Waals surface area contributed by atoms with Gasteiger partial charge in [-0.15, -0.1) is 0 Å². The summed E-state index contributed by atoms with van der Waals surface area (Å²) in [6.07, 6.45) is 11.2. The summed E-state index contributed by atoms with van der Waals surface area (Å²) in [5.41, 5.74) is 6.17. The molecule has 1 aliphatic heterocycles. The molecule has 3 aliphatic rings. The molecular formula is C16H31N3. The smallest absolute Gasteiger partial charge is 0.0113 e. The topological polar surface area (TPSA) is 32.5 Å². The van der Waals surface area contributed by atoms with Crippen LogP contribution in [-0.4, -0.2) is 54.6 Å². The van der Waals surface area contributed by atoms with Crippen LogP contribution in [0.1, 0.15) is 51.4 Å². The molecule has 2 unspecified atom stereocenters. The Morgan fingerprint density at radius 2 is 1.58 bits per heavy atom. The number of rotatable bonds is 4. The lowest BCUT2D eigenvalue weighted by atomic mass is 10.00. The van der Waals surface area contributed by atoms with Crippen LogP contribution >= 0.6 is 0 Å². The third kappa shape index (κ3) is 3.50. The molecule has 3 rings (SSSR count). The lowest BCUT2D eigenvalue weighted by Gasteiger charge is -2.38. The van der Waals surface area contributed by atoms with E-state index in [1.54, 1.807) is 0 Å². The van der Waals surface area contributed by atoms with E-state index in [0.29, 0.717) is 6.04 Å². The van der Waals surface area contributed by atoms with E-state index in [2.05, 4.69) is 9.80 Å². The monoisotopic (exact) mass is 265 g/mol. The average Bonchev–Trinajstić information content (AvgIpc) is 3.09. The molecule has 3 fully saturated rings. The summed E-state index contributed by atoms with van der Waals surface area (Å²) in [6.45, 7) is 6.48. The quantitative estimate of drug-likeness (QED) is 0.844. The standard InChI is InChI=1S/C16H31N3/c17-16-7-3-4-14(16)8-9-18-10-12-19(13-11-18)15-5-1-2-6-15/h14-16H,1-13,17H2. The Morgan fingerprint density at radius 1 is 0.842 bits per heavy atom. The molecule has 0 aromatic heterocycles. The van der Waals surface area contributed by atoms with Crippen LogP contribution in [0.25, 0.3) is 0 Å². The molecule has 3 heteroatoms. The molecule has 0 aromatic carbocycles. The Hall–Kier alpha value is -0.120. The first-order valence-corrected chi connectivity index (χ1v) is 8.55. The van der Waals surface area contributed by atoms with E-state index in [0.717, 1.165) is 12.0 Å². The van der Waals surface area contributed by atoms with Crippen molar-refractivity contribution < 1.29 is 0 Å². The highest BCUT2D eigenvalue weighted by atomic mass is 15.3. The summed E-state index contributed by atoms with van der Waals surface area (Å²) in [5, 5.41) is 0.